The molecule has 10 nitrogen and oxygen atoms in total. The lowest BCUT2D eigenvalue weighted by atomic mass is 9.99. The zero-order valence-corrected chi connectivity index (χ0v) is 14.5. The van der Waals surface area contributed by atoms with Crippen LogP contribution in [-0.4, -0.2) is 98.7 Å². The molecule has 0 bridgehead atoms. The lowest BCUT2D eigenvalue weighted by Gasteiger charge is -2.40. The molecule has 10 heteroatoms. The van der Waals surface area contributed by atoms with Gasteiger partial charge in [-0.2, -0.15) is 0 Å². The molecule has 1 saturated heterocycles. The van der Waals surface area contributed by atoms with Crippen molar-refractivity contribution in [3.05, 3.63) is 0 Å². The molecule has 1 aliphatic rings. The smallest absolute Gasteiger partial charge is 0.222 e. The van der Waals surface area contributed by atoms with Gasteiger partial charge in [-0.25, -0.2) is 0 Å². The van der Waals surface area contributed by atoms with Gasteiger partial charge in [-0.15, -0.1) is 0 Å². The Morgan fingerprint density at radius 1 is 1.12 bits per heavy atom. The first-order chi connectivity index (χ1) is 11.6. The van der Waals surface area contributed by atoms with E-state index < -0.39 is 55.6 Å². The molecule has 8 atom stereocenters. The Morgan fingerprint density at radius 3 is 2.20 bits per heavy atom. The fraction of sp³-hybridized carbons (Fsp3) is 0.933. The van der Waals surface area contributed by atoms with Crippen molar-refractivity contribution in [2.75, 3.05) is 13.2 Å². The molecule has 0 aromatic carbocycles. The molecule has 1 rings (SSSR count). The van der Waals surface area contributed by atoms with Crippen LogP contribution in [0.25, 0.3) is 0 Å². The van der Waals surface area contributed by atoms with Crippen LogP contribution in [0.15, 0.2) is 0 Å². The summed E-state index contributed by atoms with van der Waals surface area (Å²) in [6.07, 6.45) is -9.73. The molecule has 7 N–H and O–H groups in total. The number of carbonyl (C=O) groups excluding carboxylic acids is 1. The minimum atomic E-state index is -1.60. The third-order valence-electron chi connectivity index (χ3n) is 4.05. The Balaban J connectivity index is 2.75. The molecule has 0 saturated carbocycles. The average molecular weight is 367 g/mol. The number of nitrogens with one attached hydrogen (secondary N) is 1. The van der Waals surface area contributed by atoms with E-state index in [0.717, 1.165) is 0 Å². The van der Waals surface area contributed by atoms with E-state index in [1.807, 2.05) is 0 Å². The van der Waals surface area contributed by atoms with E-state index in [-0.39, 0.29) is 18.4 Å². The van der Waals surface area contributed by atoms with Crippen LogP contribution < -0.4 is 5.32 Å². The highest BCUT2D eigenvalue weighted by molar-refractivity contribution is 5.78. The Bertz CT molecular complexity index is 418. The van der Waals surface area contributed by atoms with E-state index >= 15 is 0 Å². The van der Waals surface area contributed by atoms with Crippen LogP contribution in [-0.2, 0) is 14.3 Å². The maximum absolute atomic E-state index is 11.8. The van der Waals surface area contributed by atoms with Gasteiger partial charge in [-0.05, 0) is 6.92 Å². The summed E-state index contributed by atoms with van der Waals surface area (Å²) in [5, 5.41) is 60.6. The Morgan fingerprint density at radius 2 is 1.72 bits per heavy atom. The standard InChI is InChI=1S/C15H29NO9/c1-6(2)14(23)16-8(10(19)7(3)18)5-24-15-13(22)12(21)11(20)9(4-17)25-15/h6-13,15,17-22H,4-5H2,1-3H3,(H,16,23)/t7-,8+,9-,10-,11+,12?,13?,15+/m1/s1. The minimum Gasteiger partial charge on any atom is -0.394 e. The number of aliphatic hydroxyl groups excluding tert-OH is 6. The van der Waals surface area contributed by atoms with Crippen molar-refractivity contribution >= 4 is 5.91 Å². The Labute approximate surface area is 146 Å². The predicted molar refractivity (Wildman–Crippen MR) is 84.2 cm³/mol. The van der Waals surface area contributed by atoms with Gasteiger partial charge in [0.2, 0.25) is 5.91 Å². The molecule has 148 valence electrons. The summed E-state index contributed by atoms with van der Waals surface area (Å²) in [4.78, 5) is 11.8. The van der Waals surface area contributed by atoms with Crippen LogP contribution >= 0.6 is 0 Å². The minimum absolute atomic E-state index is 0.340. The second-order valence-electron chi connectivity index (χ2n) is 6.53. The highest BCUT2D eigenvalue weighted by Crippen LogP contribution is 2.22. The maximum Gasteiger partial charge on any atom is 0.222 e. The first kappa shape index (κ1) is 22.2. The van der Waals surface area contributed by atoms with Gasteiger partial charge in [0.1, 0.15) is 30.5 Å². The lowest BCUT2D eigenvalue weighted by molar-refractivity contribution is -0.303. The number of carbonyl (C=O) groups is 1. The van der Waals surface area contributed by atoms with E-state index in [1.54, 1.807) is 13.8 Å². The number of hydrogen-bond donors (Lipinski definition) is 7. The highest BCUT2D eigenvalue weighted by atomic mass is 16.7. The molecule has 0 aliphatic carbocycles. The zero-order chi connectivity index (χ0) is 19.3. The van der Waals surface area contributed by atoms with Crippen LogP contribution in [0, 0.1) is 5.92 Å². The largest absolute Gasteiger partial charge is 0.394 e. The van der Waals surface area contributed by atoms with Gasteiger partial charge in [0, 0.05) is 5.92 Å². The molecular formula is C15H29NO9. The quantitative estimate of drug-likeness (QED) is 0.232. The molecule has 1 aliphatic heterocycles. The van der Waals surface area contributed by atoms with Gasteiger partial charge in [0.15, 0.2) is 6.29 Å². The van der Waals surface area contributed by atoms with E-state index in [1.165, 1.54) is 6.92 Å². The summed E-state index contributed by atoms with van der Waals surface area (Å²) < 4.78 is 10.5. The van der Waals surface area contributed by atoms with Gasteiger partial charge < -0.3 is 45.4 Å². The van der Waals surface area contributed by atoms with Gasteiger partial charge in [-0.1, -0.05) is 13.8 Å². The molecule has 0 aromatic rings. The molecule has 1 heterocycles. The first-order valence-electron chi connectivity index (χ1n) is 8.18. The second kappa shape index (κ2) is 9.74. The molecule has 2 unspecified atom stereocenters. The maximum atomic E-state index is 11.8. The van der Waals surface area contributed by atoms with Gasteiger partial charge in [-0.3, -0.25) is 4.79 Å². The fourth-order valence-corrected chi connectivity index (χ4v) is 2.31. The lowest BCUT2D eigenvalue weighted by Crippen LogP contribution is -2.60. The third-order valence-corrected chi connectivity index (χ3v) is 4.05. The average Bonchev–Trinajstić information content (AvgIpc) is 2.56. The van der Waals surface area contributed by atoms with E-state index in [9.17, 15) is 30.3 Å². The van der Waals surface area contributed by atoms with Gasteiger partial charge in [0.05, 0.1) is 25.4 Å². The van der Waals surface area contributed by atoms with Crippen LogP contribution in [0.2, 0.25) is 0 Å². The summed E-state index contributed by atoms with van der Waals surface area (Å²) >= 11 is 0. The number of ether oxygens (including phenoxy) is 2. The third kappa shape index (κ3) is 5.83. The zero-order valence-electron chi connectivity index (χ0n) is 14.5. The van der Waals surface area contributed by atoms with Crippen molar-refractivity contribution in [2.45, 2.75) is 69.7 Å². The SMILES string of the molecule is CC(C)C(=O)N[C@@H](CO[C@H]1O[C@H](CO)[C@H](O)C(O)C1O)[C@H](O)[C@@H](C)O. The first-order valence-corrected chi connectivity index (χ1v) is 8.18. The Hall–Kier alpha value is -0.850. The fourth-order valence-electron chi connectivity index (χ4n) is 2.31. The summed E-state index contributed by atoms with van der Waals surface area (Å²) in [6.45, 7) is 3.70. The molecule has 0 aromatic heterocycles. The molecule has 0 spiro atoms. The molecular weight excluding hydrogens is 338 g/mol. The predicted octanol–water partition coefficient (Wildman–Crippen LogP) is -3.31. The number of aliphatic hydroxyl groups is 6. The molecule has 1 fully saturated rings. The monoisotopic (exact) mass is 367 g/mol. The summed E-state index contributed by atoms with van der Waals surface area (Å²) in [5.74, 6) is -0.738. The second-order valence-corrected chi connectivity index (χ2v) is 6.53. The van der Waals surface area contributed by atoms with Crippen LogP contribution in [0.5, 0.6) is 0 Å². The normalized spacial score (nSPS) is 33.8. The van der Waals surface area contributed by atoms with Crippen LogP contribution in [0.3, 0.4) is 0 Å². The van der Waals surface area contributed by atoms with E-state index in [2.05, 4.69) is 5.32 Å². The van der Waals surface area contributed by atoms with Gasteiger partial charge in [0.25, 0.3) is 0 Å². The van der Waals surface area contributed by atoms with Crippen molar-refractivity contribution in [1.82, 2.24) is 5.32 Å². The molecule has 1 amide bonds. The van der Waals surface area contributed by atoms with E-state index in [0.29, 0.717) is 0 Å². The summed E-state index contributed by atoms with van der Waals surface area (Å²) in [6, 6.07) is -0.998. The number of rotatable bonds is 8. The van der Waals surface area contributed by atoms with Gasteiger partial charge >= 0.3 is 0 Å². The molecule has 0 radical (unpaired) electrons. The summed E-state index contributed by atoms with van der Waals surface area (Å²) in [5.41, 5.74) is 0. The topological polar surface area (TPSA) is 169 Å². The van der Waals surface area contributed by atoms with Crippen LogP contribution in [0.1, 0.15) is 20.8 Å². The number of amides is 1. The number of hydrogen-bond acceptors (Lipinski definition) is 9. The van der Waals surface area contributed by atoms with Crippen molar-refractivity contribution in [2.24, 2.45) is 5.92 Å². The van der Waals surface area contributed by atoms with Crippen molar-refractivity contribution in [3.63, 3.8) is 0 Å². The van der Waals surface area contributed by atoms with Crippen molar-refractivity contribution in [1.29, 1.82) is 0 Å². The highest BCUT2D eigenvalue weighted by Gasteiger charge is 2.44. The molecule has 25 heavy (non-hydrogen) atoms. The van der Waals surface area contributed by atoms with E-state index in [4.69, 9.17) is 14.6 Å². The van der Waals surface area contributed by atoms with Crippen molar-refractivity contribution < 1.29 is 44.9 Å². The summed E-state index contributed by atoms with van der Waals surface area (Å²) in [7, 11) is 0. The van der Waals surface area contributed by atoms with Crippen LogP contribution in [0.4, 0.5) is 0 Å². The van der Waals surface area contributed by atoms with Crippen molar-refractivity contribution in [3.8, 4) is 0 Å². The Kier molecular flexibility index (Phi) is 8.64.